The van der Waals surface area contributed by atoms with Gasteiger partial charge in [0.05, 0.1) is 12.0 Å². The number of aromatic nitrogens is 3. The molecule has 0 unspecified atom stereocenters. The number of anilines is 1. The van der Waals surface area contributed by atoms with Gasteiger partial charge in [0.1, 0.15) is 11.8 Å². The second-order valence-electron chi connectivity index (χ2n) is 7.43. The lowest BCUT2D eigenvalue weighted by Gasteiger charge is -2.20. The summed E-state index contributed by atoms with van der Waals surface area (Å²) in [5.74, 6) is 1.30. The maximum atomic E-state index is 9.36. The molecule has 26 heavy (non-hydrogen) atoms. The van der Waals surface area contributed by atoms with E-state index in [0.29, 0.717) is 23.8 Å². The molecule has 3 aromatic rings. The summed E-state index contributed by atoms with van der Waals surface area (Å²) in [4.78, 5) is 15.9. The van der Waals surface area contributed by atoms with Crippen molar-refractivity contribution in [2.45, 2.75) is 46.5 Å². The first kappa shape index (κ1) is 17.2. The van der Waals surface area contributed by atoms with Gasteiger partial charge in [-0.2, -0.15) is 0 Å². The van der Waals surface area contributed by atoms with Gasteiger partial charge in [-0.3, -0.25) is 0 Å². The van der Waals surface area contributed by atoms with Crippen LogP contribution in [0.2, 0.25) is 0 Å². The van der Waals surface area contributed by atoms with Crippen LogP contribution in [0, 0.1) is 5.92 Å². The number of aliphatic hydroxyl groups excluding tert-OH is 1. The van der Waals surface area contributed by atoms with Gasteiger partial charge in [0.25, 0.3) is 0 Å². The van der Waals surface area contributed by atoms with Crippen molar-refractivity contribution in [2.75, 3.05) is 24.6 Å². The Morgan fingerprint density at radius 1 is 1.23 bits per heavy atom. The Morgan fingerprint density at radius 3 is 2.77 bits per heavy atom. The highest BCUT2D eigenvalue weighted by Gasteiger charge is 2.26. The first-order valence-corrected chi connectivity index (χ1v) is 9.57. The Hall–Kier alpha value is -2.21. The molecule has 0 aromatic carbocycles. The third-order valence-corrected chi connectivity index (χ3v) is 5.19. The number of likely N-dealkylation sites (N-methyl/N-ethyl adjacent to an activating group) is 1. The van der Waals surface area contributed by atoms with Gasteiger partial charge in [0.2, 0.25) is 5.71 Å². The second kappa shape index (κ2) is 6.83. The molecule has 0 saturated carbocycles. The lowest BCUT2D eigenvalue weighted by molar-refractivity contribution is 0.302. The predicted octanol–water partition coefficient (Wildman–Crippen LogP) is 3.28. The van der Waals surface area contributed by atoms with E-state index in [4.69, 9.17) is 9.40 Å². The van der Waals surface area contributed by atoms with E-state index in [1.54, 1.807) is 6.33 Å². The van der Waals surface area contributed by atoms with Crippen LogP contribution in [0.1, 0.15) is 44.0 Å². The molecule has 3 heterocycles. The van der Waals surface area contributed by atoms with E-state index in [9.17, 15) is 5.11 Å². The molecule has 0 atom stereocenters. The molecule has 3 aromatic heterocycles. The van der Waals surface area contributed by atoms with E-state index in [2.05, 4.69) is 23.8 Å². The van der Waals surface area contributed by atoms with Crippen molar-refractivity contribution < 1.29 is 9.52 Å². The topological polar surface area (TPSA) is 75.3 Å². The SMILES string of the molecule is CCN(CCO)c1ncnc2c1oc1nc(CC(C)C)c3c(c12)CCC3. The van der Waals surface area contributed by atoms with Crippen molar-refractivity contribution in [2.24, 2.45) is 5.92 Å². The highest BCUT2D eigenvalue weighted by molar-refractivity contribution is 6.06. The fourth-order valence-corrected chi connectivity index (χ4v) is 4.08. The number of aryl methyl sites for hydroxylation is 1. The smallest absolute Gasteiger partial charge is 0.229 e. The molecule has 0 spiro atoms. The summed E-state index contributed by atoms with van der Waals surface area (Å²) < 4.78 is 6.20. The van der Waals surface area contributed by atoms with Gasteiger partial charge in [-0.15, -0.1) is 0 Å². The van der Waals surface area contributed by atoms with E-state index in [1.165, 1.54) is 16.8 Å². The number of rotatable bonds is 6. The zero-order valence-corrected chi connectivity index (χ0v) is 15.7. The fourth-order valence-electron chi connectivity index (χ4n) is 4.08. The van der Waals surface area contributed by atoms with Crippen molar-refractivity contribution >= 4 is 28.0 Å². The molecule has 0 aliphatic heterocycles. The van der Waals surface area contributed by atoms with Crippen LogP contribution in [0.3, 0.4) is 0 Å². The van der Waals surface area contributed by atoms with Gasteiger partial charge in [-0.05, 0) is 49.7 Å². The Morgan fingerprint density at radius 2 is 2.04 bits per heavy atom. The number of aliphatic hydroxyl groups is 1. The maximum absolute atomic E-state index is 9.36. The molecular formula is C20H26N4O2. The summed E-state index contributed by atoms with van der Waals surface area (Å²) in [6.45, 7) is 7.83. The Labute approximate surface area is 153 Å². The van der Waals surface area contributed by atoms with Gasteiger partial charge in [0.15, 0.2) is 11.4 Å². The Bertz CT molecular complexity index is 948. The highest BCUT2D eigenvalue weighted by atomic mass is 16.3. The van der Waals surface area contributed by atoms with Crippen LogP contribution in [-0.4, -0.2) is 39.8 Å². The Kier molecular flexibility index (Phi) is 4.53. The molecule has 4 rings (SSSR count). The largest absolute Gasteiger partial charge is 0.432 e. The third-order valence-electron chi connectivity index (χ3n) is 5.19. The first-order valence-electron chi connectivity index (χ1n) is 9.57. The maximum Gasteiger partial charge on any atom is 0.229 e. The molecule has 1 aliphatic rings. The van der Waals surface area contributed by atoms with Crippen LogP contribution < -0.4 is 4.90 Å². The van der Waals surface area contributed by atoms with Crippen LogP contribution in [0.15, 0.2) is 10.7 Å². The quantitative estimate of drug-likeness (QED) is 0.732. The standard InChI is InChI=1S/C20H26N4O2/c1-4-24(8-9-25)19-18-17(21-11-22-19)16-14-7-5-6-13(14)15(10-12(2)3)23-20(16)26-18/h11-12,25H,4-10H2,1-3H3. The van der Waals surface area contributed by atoms with E-state index in [-0.39, 0.29) is 6.61 Å². The van der Waals surface area contributed by atoms with Gasteiger partial charge in [-0.1, -0.05) is 13.8 Å². The summed E-state index contributed by atoms with van der Waals surface area (Å²) in [6, 6.07) is 0. The fraction of sp³-hybridized carbons (Fsp3) is 0.550. The van der Waals surface area contributed by atoms with Crippen LogP contribution in [0.25, 0.3) is 22.2 Å². The van der Waals surface area contributed by atoms with Crippen LogP contribution in [-0.2, 0) is 19.3 Å². The summed E-state index contributed by atoms with van der Waals surface area (Å²) in [7, 11) is 0. The number of hydrogen-bond donors (Lipinski definition) is 1. The zero-order valence-electron chi connectivity index (χ0n) is 15.7. The highest BCUT2D eigenvalue weighted by Crippen LogP contribution is 2.39. The lowest BCUT2D eigenvalue weighted by atomic mass is 9.99. The number of pyridine rings is 1. The minimum Gasteiger partial charge on any atom is -0.432 e. The zero-order chi connectivity index (χ0) is 18.3. The number of hydrogen-bond acceptors (Lipinski definition) is 6. The van der Waals surface area contributed by atoms with Crippen molar-refractivity contribution in [3.63, 3.8) is 0 Å². The van der Waals surface area contributed by atoms with E-state index < -0.39 is 0 Å². The summed E-state index contributed by atoms with van der Waals surface area (Å²) >= 11 is 0. The average molecular weight is 354 g/mol. The number of fused-ring (bicyclic) bond motifs is 5. The molecule has 6 nitrogen and oxygen atoms in total. The summed E-state index contributed by atoms with van der Waals surface area (Å²) in [5.41, 5.74) is 6.15. The molecule has 0 fully saturated rings. The van der Waals surface area contributed by atoms with Gasteiger partial charge < -0.3 is 14.4 Å². The third kappa shape index (κ3) is 2.72. The molecule has 1 N–H and O–H groups in total. The van der Waals surface area contributed by atoms with Crippen molar-refractivity contribution in [3.05, 3.63) is 23.1 Å². The molecular weight excluding hydrogens is 328 g/mol. The van der Waals surface area contributed by atoms with Crippen LogP contribution >= 0.6 is 0 Å². The monoisotopic (exact) mass is 354 g/mol. The van der Waals surface area contributed by atoms with Crippen LogP contribution in [0.4, 0.5) is 5.82 Å². The normalized spacial score (nSPS) is 13.9. The predicted molar refractivity (Wildman–Crippen MR) is 103 cm³/mol. The minimum atomic E-state index is 0.0751. The average Bonchev–Trinajstić information content (AvgIpc) is 3.23. The molecule has 0 bridgehead atoms. The summed E-state index contributed by atoms with van der Waals surface area (Å²) in [6.07, 6.45) is 5.88. The van der Waals surface area contributed by atoms with Crippen molar-refractivity contribution in [3.8, 4) is 0 Å². The lowest BCUT2D eigenvalue weighted by Crippen LogP contribution is -2.27. The van der Waals surface area contributed by atoms with E-state index in [0.717, 1.165) is 48.9 Å². The molecule has 0 amide bonds. The second-order valence-corrected chi connectivity index (χ2v) is 7.43. The molecule has 1 aliphatic carbocycles. The van der Waals surface area contributed by atoms with Crippen molar-refractivity contribution in [1.82, 2.24) is 15.0 Å². The molecule has 6 heteroatoms. The first-order chi connectivity index (χ1) is 12.6. The molecule has 0 saturated heterocycles. The number of furan rings is 1. The van der Waals surface area contributed by atoms with Gasteiger partial charge in [-0.25, -0.2) is 15.0 Å². The van der Waals surface area contributed by atoms with Gasteiger partial charge in [0, 0.05) is 18.8 Å². The van der Waals surface area contributed by atoms with E-state index in [1.807, 2.05) is 11.8 Å². The molecule has 0 radical (unpaired) electrons. The van der Waals surface area contributed by atoms with Gasteiger partial charge >= 0.3 is 0 Å². The van der Waals surface area contributed by atoms with Crippen LogP contribution in [0.5, 0.6) is 0 Å². The molecule has 138 valence electrons. The van der Waals surface area contributed by atoms with E-state index >= 15 is 0 Å². The minimum absolute atomic E-state index is 0.0751. The number of nitrogens with zero attached hydrogens (tertiary/aromatic N) is 4. The Balaban J connectivity index is 1.97. The summed E-state index contributed by atoms with van der Waals surface area (Å²) in [5, 5.41) is 10.4. The van der Waals surface area contributed by atoms with Crippen molar-refractivity contribution in [1.29, 1.82) is 0 Å².